The SMILES string of the molecule is Cc1cn[nH]c1[C@H]1CCCN(C(=O)CCCN2CCCC2=O)C1. The predicted octanol–water partition coefficient (Wildman–Crippen LogP) is 1.83. The number of hydrogen-bond donors (Lipinski definition) is 1. The first-order chi connectivity index (χ1) is 11.1. The number of rotatable bonds is 5. The molecule has 0 bridgehead atoms. The molecule has 2 aliphatic rings. The quantitative estimate of drug-likeness (QED) is 0.900. The predicted molar refractivity (Wildman–Crippen MR) is 86.9 cm³/mol. The van der Waals surface area contributed by atoms with Crippen LogP contribution in [0.1, 0.15) is 55.7 Å². The van der Waals surface area contributed by atoms with Gasteiger partial charge in [0.25, 0.3) is 0 Å². The summed E-state index contributed by atoms with van der Waals surface area (Å²) in [4.78, 5) is 27.9. The second kappa shape index (κ2) is 7.15. The zero-order valence-corrected chi connectivity index (χ0v) is 13.9. The molecule has 6 nitrogen and oxygen atoms in total. The lowest BCUT2D eigenvalue weighted by molar-refractivity contribution is -0.133. The number of aromatic amines is 1. The van der Waals surface area contributed by atoms with Crippen LogP contribution in [0.25, 0.3) is 0 Å². The fourth-order valence-corrected chi connectivity index (χ4v) is 3.73. The molecule has 0 aliphatic carbocycles. The Bertz CT molecular complexity index is 569. The van der Waals surface area contributed by atoms with Gasteiger partial charge in [-0.25, -0.2) is 0 Å². The van der Waals surface area contributed by atoms with Gasteiger partial charge in [-0.1, -0.05) is 0 Å². The Morgan fingerprint density at radius 1 is 1.39 bits per heavy atom. The molecule has 1 N–H and O–H groups in total. The molecule has 2 fully saturated rings. The lowest BCUT2D eigenvalue weighted by Crippen LogP contribution is -2.39. The van der Waals surface area contributed by atoms with Gasteiger partial charge in [-0.15, -0.1) is 0 Å². The van der Waals surface area contributed by atoms with Gasteiger partial charge in [0.05, 0.1) is 6.20 Å². The average Bonchev–Trinajstić information content (AvgIpc) is 3.16. The summed E-state index contributed by atoms with van der Waals surface area (Å²) in [5.74, 6) is 0.832. The molecule has 3 rings (SSSR count). The van der Waals surface area contributed by atoms with Crippen molar-refractivity contribution in [3.8, 4) is 0 Å². The summed E-state index contributed by atoms with van der Waals surface area (Å²) < 4.78 is 0. The first kappa shape index (κ1) is 16.0. The van der Waals surface area contributed by atoms with Crippen molar-refractivity contribution in [1.82, 2.24) is 20.0 Å². The molecule has 3 heterocycles. The molecule has 126 valence electrons. The van der Waals surface area contributed by atoms with Gasteiger partial charge in [0.2, 0.25) is 11.8 Å². The summed E-state index contributed by atoms with van der Waals surface area (Å²) in [6.45, 7) is 5.28. The van der Waals surface area contributed by atoms with Crippen LogP contribution in [0, 0.1) is 6.92 Å². The highest BCUT2D eigenvalue weighted by atomic mass is 16.2. The molecule has 0 saturated carbocycles. The maximum Gasteiger partial charge on any atom is 0.222 e. The molecule has 0 unspecified atom stereocenters. The molecule has 6 heteroatoms. The van der Waals surface area contributed by atoms with Crippen LogP contribution in [0.15, 0.2) is 6.20 Å². The second-order valence-electron chi connectivity index (χ2n) is 6.73. The van der Waals surface area contributed by atoms with E-state index in [0.717, 1.165) is 51.9 Å². The van der Waals surface area contributed by atoms with Crippen LogP contribution in [0.5, 0.6) is 0 Å². The van der Waals surface area contributed by atoms with Gasteiger partial charge in [-0.3, -0.25) is 14.7 Å². The van der Waals surface area contributed by atoms with Crippen LogP contribution >= 0.6 is 0 Å². The Morgan fingerprint density at radius 2 is 2.26 bits per heavy atom. The van der Waals surface area contributed by atoms with Crippen molar-refractivity contribution in [2.45, 2.75) is 51.4 Å². The standard InChI is InChI=1S/C17H26N4O2/c1-13-11-18-19-17(13)14-5-2-10-21(12-14)16(23)7-4-9-20-8-3-6-15(20)22/h11,14H,2-10,12H2,1H3,(H,18,19)/t14-/m0/s1. The van der Waals surface area contributed by atoms with E-state index in [1.54, 1.807) is 0 Å². The van der Waals surface area contributed by atoms with Crippen LogP contribution < -0.4 is 0 Å². The van der Waals surface area contributed by atoms with E-state index in [9.17, 15) is 9.59 Å². The van der Waals surface area contributed by atoms with E-state index < -0.39 is 0 Å². The number of carbonyl (C=O) groups is 2. The monoisotopic (exact) mass is 318 g/mol. The molecule has 0 spiro atoms. The Kier molecular flexibility index (Phi) is 4.98. The van der Waals surface area contributed by atoms with E-state index in [0.29, 0.717) is 18.8 Å². The summed E-state index contributed by atoms with van der Waals surface area (Å²) in [6, 6.07) is 0. The molecule has 2 aliphatic heterocycles. The Balaban J connectivity index is 1.47. The maximum absolute atomic E-state index is 12.5. The number of likely N-dealkylation sites (tertiary alicyclic amines) is 2. The second-order valence-corrected chi connectivity index (χ2v) is 6.73. The third-order valence-corrected chi connectivity index (χ3v) is 5.04. The van der Waals surface area contributed by atoms with E-state index in [1.807, 2.05) is 16.0 Å². The molecular weight excluding hydrogens is 292 g/mol. The molecule has 2 amide bonds. The number of aryl methyl sites for hydroxylation is 1. The summed E-state index contributed by atoms with van der Waals surface area (Å²) in [5, 5.41) is 7.19. The largest absolute Gasteiger partial charge is 0.343 e. The minimum atomic E-state index is 0.221. The van der Waals surface area contributed by atoms with Gasteiger partial charge in [-0.05, 0) is 38.2 Å². The number of amides is 2. The van der Waals surface area contributed by atoms with Gasteiger partial charge in [0.15, 0.2) is 0 Å². The molecule has 23 heavy (non-hydrogen) atoms. The molecule has 2 saturated heterocycles. The lowest BCUT2D eigenvalue weighted by Gasteiger charge is -2.33. The van der Waals surface area contributed by atoms with Gasteiger partial charge >= 0.3 is 0 Å². The van der Waals surface area contributed by atoms with Crippen molar-refractivity contribution in [3.05, 3.63) is 17.5 Å². The minimum Gasteiger partial charge on any atom is -0.343 e. The molecule has 1 aromatic heterocycles. The van der Waals surface area contributed by atoms with E-state index in [-0.39, 0.29) is 11.8 Å². The third kappa shape index (κ3) is 3.74. The van der Waals surface area contributed by atoms with Crippen molar-refractivity contribution < 1.29 is 9.59 Å². The highest BCUT2D eigenvalue weighted by Crippen LogP contribution is 2.27. The first-order valence-electron chi connectivity index (χ1n) is 8.70. The molecule has 1 atom stereocenters. The minimum absolute atomic E-state index is 0.221. The summed E-state index contributed by atoms with van der Waals surface area (Å²) in [7, 11) is 0. The molecule has 0 aromatic carbocycles. The van der Waals surface area contributed by atoms with E-state index in [2.05, 4.69) is 17.1 Å². The van der Waals surface area contributed by atoms with Gasteiger partial charge in [0.1, 0.15) is 0 Å². The van der Waals surface area contributed by atoms with E-state index in [1.165, 1.54) is 11.3 Å². The fraction of sp³-hybridized carbons (Fsp3) is 0.706. The first-order valence-corrected chi connectivity index (χ1v) is 8.70. The van der Waals surface area contributed by atoms with E-state index >= 15 is 0 Å². The normalized spacial score (nSPS) is 22.0. The van der Waals surface area contributed by atoms with Crippen LogP contribution in [0.3, 0.4) is 0 Å². The number of nitrogens with one attached hydrogen (secondary N) is 1. The highest BCUT2D eigenvalue weighted by molar-refractivity contribution is 5.78. The van der Waals surface area contributed by atoms with Crippen molar-refractivity contribution in [1.29, 1.82) is 0 Å². The number of piperidine rings is 1. The van der Waals surface area contributed by atoms with Crippen LogP contribution in [-0.2, 0) is 9.59 Å². The van der Waals surface area contributed by atoms with Crippen LogP contribution in [-0.4, -0.2) is 58.0 Å². The van der Waals surface area contributed by atoms with Gasteiger partial charge in [-0.2, -0.15) is 5.10 Å². The topological polar surface area (TPSA) is 69.3 Å². The number of aromatic nitrogens is 2. The number of carbonyl (C=O) groups excluding carboxylic acids is 2. The zero-order chi connectivity index (χ0) is 16.2. The Morgan fingerprint density at radius 3 is 2.96 bits per heavy atom. The molecule has 0 radical (unpaired) electrons. The van der Waals surface area contributed by atoms with Crippen LogP contribution in [0.4, 0.5) is 0 Å². The third-order valence-electron chi connectivity index (χ3n) is 5.04. The maximum atomic E-state index is 12.5. The van der Waals surface area contributed by atoms with Crippen molar-refractivity contribution in [2.75, 3.05) is 26.2 Å². The summed E-state index contributed by atoms with van der Waals surface area (Å²) in [6.07, 6.45) is 6.94. The smallest absolute Gasteiger partial charge is 0.222 e. The van der Waals surface area contributed by atoms with Gasteiger partial charge < -0.3 is 9.80 Å². The van der Waals surface area contributed by atoms with Crippen molar-refractivity contribution >= 4 is 11.8 Å². The summed E-state index contributed by atoms with van der Waals surface area (Å²) in [5.41, 5.74) is 2.35. The Hall–Kier alpha value is -1.85. The van der Waals surface area contributed by atoms with Crippen molar-refractivity contribution in [2.24, 2.45) is 0 Å². The van der Waals surface area contributed by atoms with Crippen LogP contribution in [0.2, 0.25) is 0 Å². The van der Waals surface area contributed by atoms with Crippen molar-refractivity contribution in [3.63, 3.8) is 0 Å². The Labute approximate surface area is 137 Å². The fourth-order valence-electron chi connectivity index (χ4n) is 3.73. The van der Waals surface area contributed by atoms with Gasteiger partial charge in [0, 0.05) is 50.6 Å². The average molecular weight is 318 g/mol. The lowest BCUT2D eigenvalue weighted by atomic mass is 9.92. The highest BCUT2D eigenvalue weighted by Gasteiger charge is 2.26. The number of H-pyrrole nitrogens is 1. The molecular formula is C17H26N4O2. The summed E-state index contributed by atoms with van der Waals surface area (Å²) >= 11 is 0. The number of nitrogens with zero attached hydrogens (tertiary/aromatic N) is 3. The number of hydrogen-bond acceptors (Lipinski definition) is 3. The zero-order valence-electron chi connectivity index (χ0n) is 13.9. The molecule has 1 aromatic rings. The van der Waals surface area contributed by atoms with E-state index in [4.69, 9.17) is 0 Å².